The SMILES string of the molecule is CCCOCCC.C\C=C/C(C(C)=O)=C(C)/C=C1\C(=O)Nc2ccc(S(=O)(=O)Cc3c(C)cccc3Cl)cc21. The molecule has 1 amide bonds. The summed E-state index contributed by atoms with van der Waals surface area (Å²) >= 11 is 6.23. The first-order chi connectivity index (χ1) is 18.5. The Morgan fingerprint density at radius 2 is 1.74 bits per heavy atom. The third-order valence-corrected chi connectivity index (χ3v) is 8.01. The van der Waals surface area contributed by atoms with Gasteiger partial charge in [0.05, 0.1) is 10.6 Å². The van der Waals surface area contributed by atoms with Crippen molar-refractivity contribution in [2.75, 3.05) is 18.5 Å². The summed E-state index contributed by atoms with van der Waals surface area (Å²) in [6, 6.07) is 9.81. The number of allylic oxidation sites excluding steroid dienone is 5. The van der Waals surface area contributed by atoms with Crippen molar-refractivity contribution in [3.8, 4) is 0 Å². The number of nitrogens with one attached hydrogen (secondary N) is 1. The molecule has 0 aliphatic carbocycles. The highest BCUT2D eigenvalue weighted by atomic mass is 35.5. The van der Waals surface area contributed by atoms with Crippen molar-refractivity contribution in [2.24, 2.45) is 0 Å². The average Bonchev–Trinajstić information content (AvgIpc) is 3.19. The van der Waals surface area contributed by atoms with Gasteiger partial charge in [-0.3, -0.25) is 9.59 Å². The van der Waals surface area contributed by atoms with Crippen LogP contribution in [-0.2, 0) is 29.9 Å². The first-order valence-corrected chi connectivity index (χ1v) is 15.1. The monoisotopic (exact) mass is 571 g/mol. The minimum Gasteiger partial charge on any atom is -0.381 e. The molecular weight excluding hydrogens is 534 g/mol. The zero-order chi connectivity index (χ0) is 29.2. The van der Waals surface area contributed by atoms with Gasteiger partial charge in [-0.05, 0) is 87.6 Å². The molecule has 6 nitrogen and oxygen atoms in total. The van der Waals surface area contributed by atoms with E-state index in [4.69, 9.17) is 16.3 Å². The molecule has 0 bridgehead atoms. The molecule has 1 aliphatic rings. The number of benzene rings is 2. The molecule has 1 heterocycles. The molecule has 2 aromatic carbocycles. The number of aryl methyl sites for hydroxylation is 1. The Morgan fingerprint density at radius 1 is 1.08 bits per heavy atom. The maximum absolute atomic E-state index is 13.2. The fourth-order valence-electron chi connectivity index (χ4n) is 4.00. The molecule has 1 aliphatic heterocycles. The van der Waals surface area contributed by atoms with Gasteiger partial charge in [-0.15, -0.1) is 0 Å². The lowest BCUT2D eigenvalue weighted by atomic mass is 10.00. The maximum atomic E-state index is 13.2. The Labute approximate surface area is 237 Å². The van der Waals surface area contributed by atoms with E-state index in [9.17, 15) is 18.0 Å². The molecule has 0 saturated heterocycles. The van der Waals surface area contributed by atoms with Gasteiger partial charge < -0.3 is 10.1 Å². The largest absolute Gasteiger partial charge is 0.381 e. The number of carbonyl (C=O) groups is 2. The molecule has 0 unspecified atom stereocenters. The predicted octanol–water partition coefficient (Wildman–Crippen LogP) is 7.26. The summed E-state index contributed by atoms with van der Waals surface area (Å²) in [6.07, 6.45) is 7.34. The van der Waals surface area contributed by atoms with Gasteiger partial charge in [0.2, 0.25) is 0 Å². The number of carbonyl (C=O) groups excluding carboxylic acids is 2. The lowest BCUT2D eigenvalue weighted by Crippen LogP contribution is -2.07. The summed E-state index contributed by atoms with van der Waals surface area (Å²) < 4.78 is 31.4. The van der Waals surface area contributed by atoms with Crippen LogP contribution in [0.4, 0.5) is 5.69 Å². The second-order valence-corrected chi connectivity index (χ2v) is 11.7. The van der Waals surface area contributed by atoms with Gasteiger partial charge in [0, 0.05) is 40.6 Å². The number of ether oxygens (including phenoxy) is 1. The second kappa shape index (κ2) is 15.0. The van der Waals surface area contributed by atoms with Crippen LogP contribution in [0.25, 0.3) is 5.57 Å². The van der Waals surface area contributed by atoms with Crippen molar-refractivity contribution in [1.29, 1.82) is 0 Å². The molecule has 8 heteroatoms. The maximum Gasteiger partial charge on any atom is 0.256 e. The van der Waals surface area contributed by atoms with E-state index in [1.807, 2.05) is 13.0 Å². The van der Waals surface area contributed by atoms with Crippen molar-refractivity contribution in [3.63, 3.8) is 0 Å². The number of hydrogen-bond acceptors (Lipinski definition) is 5. The van der Waals surface area contributed by atoms with E-state index < -0.39 is 9.84 Å². The standard InChI is InChI=1S/C25H24ClNO4S.C6H14O/c1-5-7-19(17(4)28)16(3)12-21-20-13-18(10-11-24(20)27-25(21)29)32(30,31)14-22-15(2)8-6-9-23(22)26;1-3-5-7-6-4-2/h5-13H,14H2,1-4H3,(H,27,29);3-6H2,1-2H3/b7-5-,19-16-,21-12-;. The summed E-state index contributed by atoms with van der Waals surface area (Å²) in [7, 11) is -3.72. The highest BCUT2D eigenvalue weighted by Gasteiger charge is 2.27. The van der Waals surface area contributed by atoms with Gasteiger partial charge in [0.25, 0.3) is 5.91 Å². The molecule has 39 heavy (non-hydrogen) atoms. The van der Waals surface area contributed by atoms with E-state index >= 15 is 0 Å². The van der Waals surface area contributed by atoms with Gasteiger partial charge in [-0.1, -0.05) is 49.7 Å². The van der Waals surface area contributed by atoms with E-state index in [-0.39, 0.29) is 22.3 Å². The van der Waals surface area contributed by atoms with Crippen LogP contribution in [0.15, 0.2) is 70.7 Å². The summed E-state index contributed by atoms with van der Waals surface area (Å²) in [6.45, 7) is 12.9. The number of halogens is 1. The topological polar surface area (TPSA) is 89.5 Å². The molecule has 210 valence electrons. The van der Waals surface area contributed by atoms with Crippen LogP contribution in [0.1, 0.15) is 64.2 Å². The Bertz CT molecular complexity index is 1380. The lowest BCUT2D eigenvalue weighted by molar-refractivity contribution is -0.113. The number of rotatable bonds is 10. The number of Topliss-reactive ketones (excluding diaryl/α,β-unsaturated/α-hetero) is 1. The van der Waals surface area contributed by atoms with Gasteiger partial charge in [-0.25, -0.2) is 8.42 Å². The van der Waals surface area contributed by atoms with Crippen molar-refractivity contribution in [1.82, 2.24) is 0 Å². The molecule has 0 spiro atoms. The van der Waals surface area contributed by atoms with E-state index in [0.717, 1.165) is 31.6 Å². The summed E-state index contributed by atoms with van der Waals surface area (Å²) in [5.74, 6) is -0.714. The quantitative estimate of drug-likeness (QED) is 0.184. The molecule has 3 rings (SSSR count). The normalized spacial score (nSPS) is 14.5. The number of sulfone groups is 1. The fraction of sp³-hybridized carbons (Fsp3) is 0.355. The number of amides is 1. The first-order valence-electron chi connectivity index (χ1n) is 13.0. The summed E-state index contributed by atoms with van der Waals surface area (Å²) in [4.78, 5) is 24.6. The molecule has 0 radical (unpaired) electrons. The van der Waals surface area contributed by atoms with Crippen molar-refractivity contribution in [3.05, 3.63) is 87.5 Å². The third kappa shape index (κ3) is 8.75. The average molecular weight is 572 g/mol. The molecule has 1 N–H and O–H groups in total. The van der Waals surface area contributed by atoms with Crippen LogP contribution in [0.2, 0.25) is 5.02 Å². The van der Waals surface area contributed by atoms with Crippen LogP contribution in [-0.4, -0.2) is 33.3 Å². The Hall–Kier alpha value is -3.00. The van der Waals surface area contributed by atoms with Crippen molar-refractivity contribution < 1.29 is 22.7 Å². The van der Waals surface area contributed by atoms with Gasteiger partial charge in [0.1, 0.15) is 0 Å². The van der Waals surface area contributed by atoms with E-state index in [1.165, 1.54) is 19.1 Å². The van der Waals surface area contributed by atoms with Crippen LogP contribution in [0, 0.1) is 6.92 Å². The Balaban J connectivity index is 0.000000673. The fourth-order valence-corrected chi connectivity index (χ4v) is 5.88. The minimum atomic E-state index is -3.72. The summed E-state index contributed by atoms with van der Waals surface area (Å²) in [5, 5.41) is 3.15. The smallest absolute Gasteiger partial charge is 0.256 e. The van der Waals surface area contributed by atoms with Gasteiger partial charge in [-0.2, -0.15) is 0 Å². The van der Waals surface area contributed by atoms with Crippen LogP contribution >= 0.6 is 11.6 Å². The number of ketones is 1. The number of anilines is 1. The molecule has 0 atom stereocenters. The number of hydrogen-bond donors (Lipinski definition) is 1. The molecule has 0 fully saturated rings. The van der Waals surface area contributed by atoms with Gasteiger partial charge >= 0.3 is 0 Å². The first kappa shape index (κ1) is 32.2. The van der Waals surface area contributed by atoms with E-state index in [0.29, 0.717) is 38.6 Å². The second-order valence-electron chi connectivity index (χ2n) is 9.28. The van der Waals surface area contributed by atoms with Crippen LogP contribution in [0.5, 0.6) is 0 Å². The van der Waals surface area contributed by atoms with Gasteiger partial charge in [0.15, 0.2) is 15.6 Å². The zero-order valence-corrected chi connectivity index (χ0v) is 25.1. The molecular formula is C31H38ClNO5S. The predicted molar refractivity (Wildman–Crippen MR) is 160 cm³/mol. The zero-order valence-electron chi connectivity index (χ0n) is 23.6. The molecule has 2 aromatic rings. The highest BCUT2D eigenvalue weighted by molar-refractivity contribution is 7.90. The van der Waals surface area contributed by atoms with E-state index in [1.54, 1.807) is 50.3 Å². The van der Waals surface area contributed by atoms with Crippen molar-refractivity contribution in [2.45, 2.75) is 65.0 Å². The highest BCUT2D eigenvalue weighted by Crippen LogP contribution is 2.36. The molecule has 0 aromatic heterocycles. The van der Waals surface area contributed by atoms with E-state index in [2.05, 4.69) is 19.2 Å². The van der Waals surface area contributed by atoms with Crippen molar-refractivity contribution >= 4 is 44.4 Å². The van der Waals surface area contributed by atoms with Crippen LogP contribution in [0.3, 0.4) is 0 Å². The lowest BCUT2D eigenvalue weighted by Gasteiger charge is -2.10. The van der Waals surface area contributed by atoms with Crippen LogP contribution < -0.4 is 5.32 Å². The summed E-state index contributed by atoms with van der Waals surface area (Å²) in [5.41, 5.74) is 3.77. The Morgan fingerprint density at radius 3 is 2.31 bits per heavy atom. The third-order valence-electron chi connectivity index (χ3n) is 6.02. The Kier molecular flexibility index (Phi) is 12.4. The molecule has 0 saturated carbocycles. The minimum absolute atomic E-state index is 0.0971. The number of fused-ring (bicyclic) bond motifs is 1.